The molecule has 220 valence electrons. The van der Waals surface area contributed by atoms with Crippen molar-refractivity contribution in [1.82, 2.24) is 15.0 Å². The molecule has 0 unspecified atom stereocenters. The minimum absolute atomic E-state index is 0.604. The first-order valence-corrected chi connectivity index (χ1v) is 15.7. The number of furan rings is 1. The van der Waals surface area contributed by atoms with Crippen molar-refractivity contribution >= 4 is 32.7 Å². The van der Waals surface area contributed by atoms with Crippen molar-refractivity contribution in [2.75, 3.05) is 0 Å². The maximum atomic E-state index is 6.43. The molecule has 4 heteroatoms. The monoisotopic (exact) mass is 601 g/mol. The molecule has 9 aromatic rings. The Kier molecular flexibility index (Phi) is 6.43. The molecule has 0 atom stereocenters. The average Bonchev–Trinajstić information content (AvgIpc) is 3.53. The van der Waals surface area contributed by atoms with Gasteiger partial charge in [-0.2, -0.15) is 0 Å². The third kappa shape index (κ3) is 4.93. The summed E-state index contributed by atoms with van der Waals surface area (Å²) < 4.78 is 6.43. The van der Waals surface area contributed by atoms with Gasteiger partial charge in [-0.25, -0.2) is 15.0 Å². The molecule has 0 aliphatic carbocycles. The molecule has 0 aliphatic rings. The maximum absolute atomic E-state index is 6.43. The van der Waals surface area contributed by atoms with E-state index in [0.717, 1.165) is 60.5 Å². The highest BCUT2D eigenvalue weighted by atomic mass is 16.3. The van der Waals surface area contributed by atoms with Crippen molar-refractivity contribution in [3.05, 3.63) is 164 Å². The van der Waals surface area contributed by atoms with E-state index in [1.165, 1.54) is 11.1 Å². The van der Waals surface area contributed by atoms with E-state index in [0.29, 0.717) is 17.5 Å². The number of fused-ring (bicyclic) bond motifs is 4. The fourth-order valence-corrected chi connectivity index (χ4v) is 6.36. The number of aromatic nitrogens is 3. The highest BCUT2D eigenvalue weighted by Gasteiger charge is 2.18. The van der Waals surface area contributed by atoms with Crippen LogP contribution in [-0.2, 0) is 0 Å². The minimum atomic E-state index is 0.604. The molecule has 0 amide bonds. The molecule has 9 rings (SSSR count). The minimum Gasteiger partial charge on any atom is -0.456 e. The van der Waals surface area contributed by atoms with Gasteiger partial charge in [0.2, 0.25) is 0 Å². The predicted molar refractivity (Wildman–Crippen MR) is 192 cm³/mol. The van der Waals surface area contributed by atoms with Gasteiger partial charge < -0.3 is 4.42 Å². The van der Waals surface area contributed by atoms with Gasteiger partial charge in [0.1, 0.15) is 11.2 Å². The van der Waals surface area contributed by atoms with Gasteiger partial charge in [0.25, 0.3) is 0 Å². The molecule has 0 fully saturated rings. The molecular formula is C43H27N3O. The Hall–Kier alpha value is -6.39. The van der Waals surface area contributed by atoms with E-state index in [9.17, 15) is 0 Å². The molecule has 2 heterocycles. The summed E-state index contributed by atoms with van der Waals surface area (Å²) in [4.78, 5) is 15.2. The van der Waals surface area contributed by atoms with Crippen molar-refractivity contribution < 1.29 is 4.42 Å². The van der Waals surface area contributed by atoms with Crippen LogP contribution in [-0.4, -0.2) is 15.0 Å². The Labute approximate surface area is 271 Å². The van der Waals surface area contributed by atoms with Gasteiger partial charge in [0.05, 0.1) is 0 Å². The summed E-state index contributed by atoms with van der Waals surface area (Å²) in [5, 5.41) is 4.31. The van der Waals surface area contributed by atoms with Crippen LogP contribution in [0.1, 0.15) is 0 Å². The number of hydrogen-bond acceptors (Lipinski definition) is 4. The molecule has 0 N–H and O–H groups in total. The van der Waals surface area contributed by atoms with Gasteiger partial charge in [-0.1, -0.05) is 133 Å². The summed E-state index contributed by atoms with van der Waals surface area (Å²) in [5.74, 6) is 1.85. The van der Waals surface area contributed by atoms with E-state index in [2.05, 4.69) is 109 Å². The van der Waals surface area contributed by atoms with Crippen LogP contribution in [0.15, 0.2) is 168 Å². The van der Waals surface area contributed by atoms with Crippen LogP contribution >= 0.6 is 0 Å². The molecule has 0 saturated carbocycles. The van der Waals surface area contributed by atoms with Gasteiger partial charge in [-0.3, -0.25) is 0 Å². The van der Waals surface area contributed by atoms with Crippen LogP contribution in [0.4, 0.5) is 0 Å². The second kappa shape index (κ2) is 11.2. The highest BCUT2D eigenvalue weighted by molar-refractivity contribution is 6.12. The normalized spacial score (nSPS) is 11.4. The zero-order valence-corrected chi connectivity index (χ0v) is 25.3. The van der Waals surface area contributed by atoms with Crippen molar-refractivity contribution in [2.24, 2.45) is 0 Å². The summed E-state index contributed by atoms with van der Waals surface area (Å²) >= 11 is 0. The number of benzene rings is 7. The van der Waals surface area contributed by atoms with Gasteiger partial charge >= 0.3 is 0 Å². The Morgan fingerprint density at radius 2 is 0.894 bits per heavy atom. The van der Waals surface area contributed by atoms with Crippen molar-refractivity contribution in [3.63, 3.8) is 0 Å². The third-order valence-corrected chi connectivity index (χ3v) is 8.72. The fourth-order valence-electron chi connectivity index (χ4n) is 6.36. The van der Waals surface area contributed by atoms with Crippen LogP contribution in [0.5, 0.6) is 0 Å². The van der Waals surface area contributed by atoms with E-state index in [1.807, 2.05) is 54.6 Å². The Morgan fingerprint density at radius 3 is 1.60 bits per heavy atom. The summed E-state index contributed by atoms with van der Waals surface area (Å²) in [6.07, 6.45) is 0. The zero-order chi connectivity index (χ0) is 31.2. The van der Waals surface area contributed by atoms with E-state index in [1.54, 1.807) is 0 Å². The number of rotatable bonds is 5. The van der Waals surface area contributed by atoms with E-state index >= 15 is 0 Å². The van der Waals surface area contributed by atoms with Crippen LogP contribution in [0.2, 0.25) is 0 Å². The zero-order valence-electron chi connectivity index (χ0n) is 25.3. The predicted octanol–water partition coefficient (Wildman–Crippen LogP) is 11.3. The molecule has 47 heavy (non-hydrogen) atoms. The van der Waals surface area contributed by atoms with Crippen molar-refractivity contribution in [1.29, 1.82) is 0 Å². The van der Waals surface area contributed by atoms with Gasteiger partial charge in [-0.05, 0) is 63.4 Å². The van der Waals surface area contributed by atoms with Crippen molar-refractivity contribution in [2.45, 2.75) is 0 Å². The lowest BCUT2D eigenvalue weighted by Crippen LogP contribution is -2.00. The van der Waals surface area contributed by atoms with Gasteiger partial charge in [0, 0.05) is 27.5 Å². The van der Waals surface area contributed by atoms with Crippen LogP contribution in [0, 0.1) is 0 Å². The molecule has 0 radical (unpaired) electrons. The molecule has 0 saturated heterocycles. The molecule has 7 aromatic carbocycles. The quantitative estimate of drug-likeness (QED) is 0.197. The van der Waals surface area contributed by atoms with E-state index < -0.39 is 0 Å². The molecule has 2 aromatic heterocycles. The summed E-state index contributed by atoms with van der Waals surface area (Å²) in [5.41, 5.74) is 9.01. The molecule has 0 spiro atoms. The first-order valence-electron chi connectivity index (χ1n) is 15.7. The summed E-state index contributed by atoms with van der Waals surface area (Å²) in [7, 11) is 0. The lowest BCUT2D eigenvalue weighted by atomic mass is 9.99. The second-order valence-electron chi connectivity index (χ2n) is 11.7. The lowest BCUT2D eigenvalue weighted by Gasteiger charge is -2.10. The fraction of sp³-hybridized carbons (Fsp3) is 0. The highest BCUT2D eigenvalue weighted by Crippen LogP contribution is 2.38. The van der Waals surface area contributed by atoms with Crippen LogP contribution < -0.4 is 0 Å². The van der Waals surface area contributed by atoms with E-state index in [4.69, 9.17) is 19.4 Å². The molecular weight excluding hydrogens is 574 g/mol. The van der Waals surface area contributed by atoms with Crippen LogP contribution in [0.3, 0.4) is 0 Å². The Balaban J connectivity index is 1.22. The van der Waals surface area contributed by atoms with Crippen LogP contribution in [0.25, 0.3) is 89.1 Å². The molecule has 0 aliphatic heterocycles. The molecule has 0 bridgehead atoms. The molecule has 4 nitrogen and oxygen atoms in total. The average molecular weight is 602 g/mol. The Morgan fingerprint density at radius 1 is 0.340 bits per heavy atom. The second-order valence-corrected chi connectivity index (χ2v) is 11.7. The van der Waals surface area contributed by atoms with Crippen molar-refractivity contribution in [3.8, 4) is 56.4 Å². The largest absolute Gasteiger partial charge is 0.456 e. The van der Waals surface area contributed by atoms with Gasteiger partial charge in [-0.15, -0.1) is 0 Å². The first kappa shape index (κ1) is 27.0. The number of nitrogens with zero attached hydrogens (tertiary/aromatic N) is 3. The lowest BCUT2D eigenvalue weighted by molar-refractivity contribution is 0.669. The summed E-state index contributed by atoms with van der Waals surface area (Å²) in [6.45, 7) is 0. The SMILES string of the molecule is c1ccc(-c2ccc3ccc(-c4nc(-c5ccccc5)nc(-c5cccc6oc7cc(-c8ccccc8)ccc7c56)n4)cc3c2)cc1. The van der Waals surface area contributed by atoms with E-state index in [-0.39, 0.29) is 0 Å². The topological polar surface area (TPSA) is 51.8 Å². The summed E-state index contributed by atoms with van der Waals surface area (Å²) in [6, 6.07) is 56.4. The standard InChI is InChI=1S/C43H27N3O/c1-4-11-28(12-5-1)32-21-19-30-20-22-34(26-35(30)25-32)42-44-41(31-15-8-3-9-16-31)45-43(46-42)37-17-10-18-38-40(37)36-24-23-33(27-39(36)47-38)29-13-6-2-7-14-29/h1-27H. The Bertz CT molecular complexity index is 2560. The first-order chi connectivity index (χ1) is 23.3. The number of hydrogen-bond donors (Lipinski definition) is 0. The van der Waals surface area contributed by atoms with Gasteiger partial charge in [0.15, 0.2) is 17.5 Å². The smallest absolute Gasteiger partial charge is 0.164 e. The maximum Gasteiger partial charge on any atom is 0.164 e. The third-order valence-electron chi connectivity index (χ3n) is 8.72.